The van der Waals surface area contributed by atoms with E-state index in [1.165, 1.54) is 11.8 Å². The maximum absolute atomic E-state index is 12.9. The van der Waals surface area contributed by atoms with Crippen molar-refractivity contribution in [2.45, 2.75) is 25.5 Å². The van der Waals surface area contributed by atoms with Crippen LogP contribution >= 0.6 is 23.4 Å². The summed E-state index contributed by atoms with van der Waals surface area (Å²) in [4.78, 5) is 32.6. The number of nitrogens with zero attached hydrogens (tertiary/aromatic N) is 2. The molecule has 2 heterocycles. The highest BCUT2D eigenvalue weighted by Crippen LogP contribution is 2.21. The molecule has 0 aliphatic heterocycles. The first-order valence-electron chi connectivity index (χ1n) is 7.95. The van der Waals surface area contributed by atoms with Crippen molar-refractivity contribution in [3.8, 4) is 0 Å². The number of aromatic nitrogens is 3. The molecule has 0 radical (unpaired) electrons. The fourth-order valence-corrected chi connectivity index (χ4v) is 3.58. The molecular formula is C18H18ClN3O2S. The summed E-state index contributed by atoms with van der Waals surface area (Å²) in [5.74, 6) is 0.454. The molecule has 0 aliphatic carbocycles. The number of H-pyrrole nitrogens is 1. The predicted octanol–water partition coefficient (Wildman–Crippen LogP) is 4.01. The van der Waals surface area contributed by atoms with Gasteiger partial charge >= 0.3 is 0 Å². The smallest absolute Gasteiger partial charge is 0.262 e. The number of nitrogens with one attached hydrogen (secondary N) is 1. The monoisotopic (exact) mass is 375 g/mol. The Morgan fingerprint density at radius 1 is 1.36 bits per heavy atom. The van der Waals surface area contributed by atoms with Gasteiger partial charge in [0.25, 0.3) is 5.56 Å². The Morgan fingerprint density at radius 3 is 2.84 bits per heavy atom. The summed E-state index contributed by atoms with van der Waals surface area (Å²) >= 11 is 7.30. The van der Waals surface area contributed by atoms with Crippen LogP contribution < -0.4 is 5.56 Å². The van der Waals surface area contributed by atoms with Crippen LogP contribution in [0.15, 0.2) is 46.5 Å². The molecule has 130 valence electrons. The van der Waals surface area contributed by atoms with E-state index >= 15 is 0 Å². The number of hydrogen-bond donors (Lipinski definition) is 1. The van der Waals surface area contributed by atoms with Crippen LogP contribution in [0.2, 0.25) is 5.02 Å². The largest absolute Gasteiger partial charge is 0.359 e. The lowest BCUT2D eigenvalue weighted by molar-refractivity contribution is 0.101. The fraction of sp³-hybridized carbons (Fsp3) is 0.278. The molecule has 0 aliphatic rings. The molecule has 5 nitrogen and oxygen atoms in total. The topological polar surface area (TPSA) is 67.8 Å². The maximum Gasteiger partial charge on any atom is 0.262 e. The second-order valence-electron chi connectivity index (χ2n) is 6.16. The lowest BCUT2D eigenvalue weighted by atomic mass is 10.2. The van der Waals surface area contributed by atoms with Crippen LogP contribution in [0.3, 0.4) is 0 Å². The van der Waals surface area contributed by atoms with Gasteiger partial charge in [0.15, 0.2) is 10.9 Å². The van der Waals surface area contributed by atoms with E-state index < -0.39 is 0 Å². The van der Waals surface area contributed by atoms with Gasteiger partial charge in [0, 0.05) is 17.8 Å². The predicted molar refractivity (Wildman–Crippen MR) is 102 cm³/mol. The standard InChI is InChI=1S/C18H18ClN3O2S/c1-11(2)9-22-17(24)13-8-12(19)5-6-14(13)21-18(22)25-10-16(23)15-4-3-7-20-15/h3-8,11,20H,9-10H2,1-2H3. The minimum Gasteiger partial charge on any atom is -0.359 e. The van der Waals surface area contributed by atoms with E-state index in [4.69, 9.17) is 11.6 Å². The number of hydrogen-bond acceptors (Lipinski definition) is 4. The van der Waals surface area contributed by atoms with Crippen molar-refractivity contribution in [2.75, 3.05) is 5.75 Å². The minimum atomic E-state index is -0.129. The Kier molecular flexibility index (Phi) is 5.30. The molecule has 0 unspecified atom stereocenters. The lowest BCUT2D eigenvalue weighted by Gasteiger charge is -2.14. The number of benzene rings is 1. The van der Waals surface area contributed by atoms with Gasteiger partial charge < -0.3 is 4.98 Å². The van der Waals surface area contributed by atoms with E-state index in [9.17, 15) is 9.59 Å². The lowest BCUT2D eigenvalue weighted by Crippen LogP contribution is -2.25. The molecule has 1 N–H and O–H groups in total. The highest BCUT2D eigenvalue weighted by atomic mass is 35.5. The van der Waals surface area contributed by atoms with Crippen molar-refractivity contribution in [3.63, 3.8) is 0 Å². The quantitative estimate of drug-likeness (QED) is 0.401. The zero-order chi connectivity index (χ0) is 18.0. The zero-order valence-corrected chi connectivity index (χ0v) is 15.5. The second kappa shape index (κ2) is 7.45. The average Bonchev–Trinajstić information content (AvgIpc) is 3.10. The molecule has 0 fully saturated rings. The van der Waals surface area contributed by atoms with E-state index in [-0.39, 0.29) is 23.0 Å². The van der Waals surface area contributed by atoms with Crippen molar-refractivity contribution in [1.29, 1.82) is 0 Å². The molecule has 25 heavy (non-hydrogen) atoms. The van der Waals surface area contributed by atoms with Gasteiger partial charge in [0.05, 0.1) is 22.3 Å². The summed E-state index contributed by atoms with van der Waals surface area (Å²) < 4.78 is 1.63. The van der Waals surface area contributed by atoms with E-state index in [1.807, 2.05) is 13.8 Å². The van der Waals surface area contributed by atoms with Crippen LogP contribution in [-0.4, -0.2) is 26.1 Å². The molecule has 0 amide bonds. The van der Waals surface area contributed by atoms with Gasteiger partial charge in [-0.3, -0.25) is 14.2 Å². The first-order valence-corrected chi connectivity index (χ1v) is 9.31. The van der Waals surface area contributed by atoms with Gasteiger partial charge in [-0.25, -0.2) is 4.98 Å². The van der Waals surface area contributed by atoms with Gasteiger partial charge in [0.1, 0.15) is 0 Å². The summed E-state index contributed by atoms with van der Waals surface area (Å²) in [5, 5.41) is 1.55. The van der Waals surface area contributed by atoms with Crippen LogP contribution in [0.1, 0.15) is 24.3 Å². The number of halogens is 1. The molecular weight excluding hydrogens is 358 g/mol. The van der Waals surface area contributed by atoms with Gasteiger partial charge in [-0.1, -0.05) is 37.2 Å². The van der Waals surface area contributed by atoms with Crippen molar-refractivity contribution < 1.29 is 4.79 Å². The normalized spacial score (nSPS) is 11.4. The molecule has 1 aromatic carbocycles. The first kappa shape index (κ1) is 17.8. The zero-order valence-electron chi connectivity index (χ0n) is 14.0. The summed E-state index contributed by atoms with van der Waals surface area (Å²) in [6.45, 7) is 4.60. The SMILES string of the molecule is CC(C)Cn1c(SCC(=O)c2ccc[nH]2)nc2ccc(Cl)cc2c1=O. The Balaban J connectivity index is 1.98. The third-order valence-corrected chi connectivity index (χ3v) is 4.87. The Bertz CT molecular complexity index is 964. The van der Waals surface area contributed by atoms with Gasteiger partial charge in [-0.05, 0) is 36.2 Å². The van der Waals surface area contributed by atoms with Crippen molar-refractivity contribution >= 4 is 40.0 Å². The molecule has 7 heteroatoms. The molecule has 0 saturated heterocycles. The summed E-state index contributed by atoms with van der Waals surface area (Å²) in [6, 6.07) is 8.60. The summed E-state index contributed by atoms with van der Waals surface area (Å²) in [5.41, 5.74) is 1.01. The number of carbonyl (C=O) groups is 1. The summed E-state index contributed by atoms with van der Waals surface area (Å²) in [7, 11) is 0. The molecule has 3 aromatic rings. The van der Waals surface area contributed by atoms with Crippen LogP contribution in [-0.2, 0) is 6.54 Å². The van der Waals surface area contributed by atoms with Crippen LogP contribution in [0.5, 0.6) is 0 Å². The van der Waals surface area contributed by atoms with Crippen molar-refractivity contribution in [2.24, 2.45) is 5.92 Å². The van der Waals surface area contributed by atoms with Gasteiger partial charge in [-0.2, -0.15) is 0 Å². The maximum atomic E-state index is 12.9. The van der Waals surface area contributed by atoms with Crippen molar-refractivity contribution in [1.82, 2.24) is 14.5 Å². The number of carbonyl (C=O) groups excluding carboxylic acids is 1. The van der Waals surface area contributed by atoms with E-state index in [1.54, 1.807) is 41.1 Å². The summed E-state index contributed by atoms with van der Waals surface area (Å²) in [6.07, 6.45) is 1.71. The second-order valence-corrected chi connectivity index (χ2v) is 7.54. The molecule has 0 saturated carbocycles. The average molecular weight is 376 g/mol. The number of Topliss-reactive ketones (excluding diaryl/α,β-unsaturated/α-hetero) is 1. The van der Waals surface area contributed by atoms with Crippen molar-refractivity contribution in [3.05, 3.63) is 57.6 Å². The molecule has 0 atom stereocenters. The fourth-order valence-electron chi connectivity index (χ4n) is 2.52. The highest BCUT2D eigenvalue weighted by molar-refractivity contribution is 7.99. The number of ketones is 1. The van der Waals surface area contributed by atoms with Crippen LogP contribution in [0.25, 0.3) is 10.9 Å². The Hall–Kier alpha value is -2.05. The van der Waals surface area contributed by atoms with E-state index in [2.05, 4.69) is 9.97 Å². The number of thioether (sulfide) groups is 1. The van der Waals surface area contributed by atoms with Gasteiger partial charge in [-0.15, -0.1) is 0 Å². The van der Waals surface area contributed by atoms with E-state index in [0.717, 1.165) is 0 Å². The number of fused-ring (bicyclic) bond motifs is 1. The van der Waals surface area contributed by atoms with Crippen LogP contribution in [0.4, 0.5) is 0 Å². The number of aromatic amines is 1. The molecule has 0 bridgehead atoms. The number of rotatable bonds is 6. The Labute approximate surface area is 154 Å². The molecule has 2 aromatic heterocycles. The third-order valence-electron chi connectivity index (χ3n) is 3.66. The van der Waals surface area contributed by atoms with Gasteiger partial charge in [0.2, 0.25) is 0 Å². The Morgan fingerprint density at radius 2 is 2.16 bits per heavy atom. The highest BCUT2D eigenvalue weighted by Gasteiger charge is 2.15. The molecule has 0 spiro atoms. The third kappa shape index (κ3) is 3.96. The molecule has 3 rings (SSSR count). The first-order chi connectivity index (χ1) is 12.0. The minimum absolute atomic E-state index is 0.0310. The van der Waals surface area contributed by atoms with Crippen LogP contribution in [0, 0.1) is 5.92 Å². The van der Waals surface area contributed by atoms with E-state index in [0.29, 0.717) is 33.3 Å².